The fraction of sp³-hybridized carbons (Fsp3) is 0.481. The highest BCUT2D eigenvalue weighted by molar-refractivity contribution is 5.73. The first kappa shape index (κ1) is 26.4. The monoisotopic (exact) mass is 423 g/mol. The molecule has 0 radical (unpaired) electrons. The fourth-order valence-corrected chi connectivity index (χ4v) is 3.05. The number of hydrogen-bond donors (Lipinski definition) is 2. The summed E-state index contributed by atoms with van der Waals surface area (Å²) < 4.78 is 0. The molecule has 4 heteroatoms. The smallest absolute Gasteiger partial charge is 0.315 e. The SMILES string of the molecule is CC(C)=CCCC(C)=CCCC(C)=CCCC(C)=CCNC(=O)NCc1ccncc1. The van der Waals surface area contributed by atoms with Crippen LogP contribution >= 0.6 is 0 Å². The second-order valence-corrected chi connectivity index (χ2v) is 8.47. The van der Waals surface area contributed by atoms with Crippen LogP contribution in [0.5, 0.6) is 0 Å². The second-order valence-electron chi connectivity index (χ2n) is 8.47. The van der Waals surface area contributed by atoms with Gasteiger partial charge in [-0.15, -0.1) is 0 Å². The lowest BCUT2D eigenvalue weighted by atomic mass is 10.0. The van der Waals surface area contributed by atoms with Crippen LogP contribution in [0.3, 0.4) is 0 Å². The Balaban J connectivity index is 2.18. The van der Waals surface area contributed by atoms with Crippen molar-refractivity contribution in [3.05, 3.63) is 76.7 Å². The van der Waals surface area contributed by atoms with E-state index in [1.54, 1.807) is 12.4 Å². The van der Waals surface area contributed by atoms with E-state index in [2.05, 4.69) is 74.5 Å². The highest BCUT2D eigenvalue weighted by Crippen LogP contribution is 2.13. The number of rotatable bonds is 13. The van der Waals surface area contributed by atoms with Crippen LogP contribution in [0, 0.1) is 0 Å². The number of nitrogens with one attached hydrogen (secondary N) is 2. The first-order valence-electron chi connectivity index (χ1n) is 11.4. The van der Waals surface area contributed by atoms with E-state index in [-0.39, 0.29) is 6.03 Å². The zero-order chi connectivity index (χ0) is 22.9. The van der Waals surface area contributed by atoms with Crippen molar-refractivity contribution in [1.29, 1.82) is 0 Å². The van der Waals surface area contributed by atoms with Gasteiger partial charge in [-0.05, 0) is 90.8 Å². The molecule has 0 unspecified atom stereocenters. The average molecular weight is 424 g/mol. The maximum absolute atomic E-state index is 11.9. The Morgan fingerprint density at radius 3 is 1.84 bits per heavy atom. The van der Waals surface area contributed by atoms with Crippen LogP contribution < -0.4 is 10.6 Å². The molecule has 0 aliphatic rings. The molecular formula is C27H41N3O. The lowest BCUT2D eigenvalue weighted by Crippen LogP contribution is -2.35. The zero-order valence-electron chi connectivity index (χ0n) is 20.1. The third kappa shape index (κ3) is 14.9. The number of amides is 2. The first-order chi connectivity index (χ1) is 14.9. The molecular weight excluding hydrogens is 382 g/mol. The second kappa shape index (κ2) is 16.1. The number of carbonyl (C=O) groups excluding carboxylic acids is 1. The molecule has 4 nitrogen and oxygen atoms in total. The molecule has 0 saturated heterocycles. The Bertz CT molecular complexity index is 769. The number of hydrogen-bond acceptors (Lipinski definition) is 2. The van der Waals surface area contributed by atoms with Crippen molar-refractivity contribution in [2.75, 3.05) is 6.54 Å². The van der Waals surface area contributed by atoms with Crippen molar-refractivity contribution >= 4 is 6.03 Å². The van der Waals surface area contributed by atoms with Crippen LogP contribution in [-0.4, -0.2) is 17.6 Å². The molecule has 2 N–H and O–H groups in total. The molecule has 0 atom stereocenters. The van der Waals surface area contributed by atoms with Gasteiger partial charge in [0.1, 0.15) is 0 Å². The summed E-state index contributed by atoms with van der Waals surface area (Å²) in [4.78, 5) is 15.8. The summed E-state index contributed by atoms with van der Waals surface area (Å²) in [5.74, 6) is 0. The van der Waals surface area contributed by atoms with Gasteiger partial charge < -0.3 is 10.6 Å². The summed E-state index contributed by atoms with van der Waals surface area (Å²) in [5.41, 5.74) is 6.68. The number of aromatic nitrogens is 1. The van der Waals surface area contributed by atoms with Crippen molar-refractivity contribution in [2.24, 2.45) is 0 Å². The number of allylic oxidation sites excluding steroid dienone is 7. The van der Waals surface area contributed by atoms with Gasteiger partial charge in [0.05, 0.1) is 0 Å². The fourth-order valence-electron chi connectivity index (χ4n) is 3.05. The summed E-state index contributed by atoms with van der Waals surface area (Å²) in [6, 6.07) is 3.63. The van der Waals surface area contributed by atoms with Crippen LogP contribution in [0.1, 0.15) is 78.7 Å². The van der Waals surface area contributed by atoms with Gasteiger partial charge in [0, 0.05) is 25.5 Å². The standard InChI is InChI=1S/C27H41N3O/c1-22(2)9-6-10-23(3)11-7-12-24(4)13-8-14-25(5)15-20-29-27(31)30-21-26-16-18-28-19-17-26/h9,11,13,15-19H,6-8,10,12,14,20-21H2,1-5H3,(H2,29,30,31). The highest BCUT2D eigenvalue weighted by atomic mass is 16.2. The largest absolute Gasteiger partial charge is 0.335 e. The minimum Gasteiger partial charge on any atom is -0.335 e. The maximum Gasteiger partial charge on any atom is 0.315 e. The Morgan fingerprint density at radius 2 is 1.29 bits per heavy atom. The van der Waals surface area contributed by atoms with E-state index in [1.165, 1.54) is 22.3 Å². The molecule has 0 saturated carbocycles. The third-order valence-corrected chi connectivity index (χ3v) is 5.07. The molecule has 0 spiro atoms. The minimum atomic E-state index is -0.152. The molecule has 0 aromatic carbocycles. The van der Waals surface area contributed by atoms with Gasteiger partial charge in [0.2, 0.25) is 0 Å². The number of carbonyl (C=O) groups is 1. The number of urea groups is 1. The first-order valence-corrected chi connectivity index (χ1v) is 11.4. The molecule has 31 heavy (non-hydrogen) atoms. The van der Waals surface area contributed by atoms with Gasteiger partial charge in [-0.1, -0.05) is 46.6 Å². The molecule has 0 aliphatic heterocycles. The Kier molecular flexibility index (Phi) is 13.7. The van der Waals surface area contributed by atoms with Crippen LogP contribution in [0.25, 0.3) is 0 Å². The molecule has 170 valence electrons. The van der Waals surface area contributed by atoms with Gasteiger partial charge >= 0.3 is 6.03 Å². The van der Waals surface area contributed by atoms with E-state index in [0.29, 0.717) is 13.1 Å². The Hall–Kier alpha value is -2.62. The van der Waals surface area contributed by atoms with Gasteiger partial charge in [0.15, 0.2) is 0 Å². The van der Waals surface area contributed by atoms with Crippen LogP contribution in [-0.2, 0) is 6.54 Å². The van der Waals surface area contributed by atoms with Crippen molar-refractivity contribution < 1.29 is 4.79 Å². The molecule has 1 rings (SSSR count). The maximum atomic E-state index is 11.9. The molecule has 1 aromatic rings. The van der Waals surface area contributed by atoms with Crippen molar-refractivity contribution in [2.45, 2.75) is 79.7 Å². The minimum absolute atomic E-state index is 0.152. The molecule has 0 bridgehead atoms. The van der Waals surface area contributed by atoms with Crippen LogP contribution in [0.2, 0.25) is 0 Å². The van der Waals surface area contributed by atoms with Gasteiger partial charge in [-0.2, -0.15) is 0 Å². The predicted molar refractivity (Wildman–Crippen MR) is 133 cm³/mol. The molecule has 0 fully saturated rings. The Morgan fingerprint density at radius 1 is 0.774 bits per heavy atom. The summed E-state index contributed by atoms with van der Waals surface area (Å²) in [6.45, 7) is 11.9. The topological polar surface area (TPSA) is 54.0 Å². The van der Waals surface area contributed by atoms with Gasteiger partial charge in [0.25, 0.3) is 0 Å². The van der Waals surface area contributed by atoms with Crippen LogP contribution in [0.15, 0.2) is 71.1 Å². The quantitative estimate of drug-likeness (QED) is 0.335. The van der Waals surface area contributed by atoms with Crippen LogP contribution in [0.4, 0.5) is 4.79 Å². The predicted octanol–water partition coefficient (Wildman–Crippen LogP) is 7.03. The average Bonchev–Trinajstić information content (AvgIpc) is 2.72. The summed E-state index contributed by atoms with van der Waals surface area (Å²) >= 11 is 0. The highest BCUT2D eigenvalue weighted by Gasteiger charge is 1.99. The van der Waals surface area contributed by atoms with Crippen molar-refractivity contribution in [3.63, 3.8) is 0 Å². The van der Waals surface area contributed by atoms with Crippen molar-refractivity contribution in [3.8, 4) is 0 Å². The van der Waals surface area contributed by atoms with E-state index in [1.807, 2.05) is 12.1 Å². The summed E-state index contributed by atoms with van der Waals surface area (Å²) in [6.07, 6.45) is 19.2. The van der Waals surface area contributed by atoms with Crippen molar-refractivity contribution in [1.82, 2.24) is 15.6 Å². The van der Waals surface area contributed by atoms with E-state index >= 15 is 0 Å². The lowest BCUT2D eigenvalue weighted by Gasteiger charge is -2.06. The molecule has 2 amide bonds. The van der Waals surface area contributed by atoms with Gasteiger partial charge in [-0.3, -0.25) is 4.98 Å². The summed E-state index contributed by atoms with van der Waals surface area (Å²) in [5, 5.41) is 5.72. The van der Waals surface area contributed by atoms with E-state index < -0.39 is 0 Å². The molecule has 0 aliphatic carbocycles. The van der Waals surface area contributed by atoms with Gasteiger partial charge in [-0.25, -0.2) is 4.79 Å². The summed E-state index contributed by atoms with van der Waals surface area (Å²) in [7, 11) is 0. The lowest BCUT2D eigenvalue weighted by molar-refractivity contribution is 0.241. The molecule has 1 heterocycles. The third-order valence-electron chi connectivity index (χ3n) is 5.07. The number of pyridine rings is 1. The zero-order valence-corrected chi connectivity index (χ0v) is 20.1. The van der Waals surface area contributed by atoms with E-state index in [4.69, 9.17) is 0 Å². The number of nitrogens with zero attached hydrogens (tertiary/aromatic N) is 1. The normalized spacial score (nSPS) is 12.5. The van der Waals surface area contributed by atoms with E-state index in [9.17, 15) is 4.79 Å². The van der Waals surface area contributed by atoms with E-state index in [0.717, 1.165) is 44.1 Å². The Labute approximate surface area is 189 Å². The molecule has 1 aromatic heterocycles.